The van der Waals surface area contributed by atoms with Crippen molar-refractivity contribution in [2.45, 2.75) is 31.3 Å². The minimum absolute atomic E-state index is 0.251. The summed E-state index contributed by atoms with van der Waals surface area (Å²) in [6.45, 7) is 6.58. The lowest BCUT2D eigenvalue weighted by Crippen LogP contribution is -2.07. The van der Waals surface area contributed by atoms with Crippen molar-refractivity contribution < 1.29 is 4.74 Å². The Morgan fingerprint density at radius 3 is 2.56 bits per heavy atom. The lowest BCUT2D eigenvalue weighted by molar-refractivity contribution is 0.413. The molecule has 1 rings (SSSR count). The second kappa shape index (κ2) is 5.27. The van der Waals surface area contributed by atoms with Crippen molar-refractivity contribution in [3.05, 3.63) is 29.3 Å². The number of hydrogen-bond donors (Lipinski definition) is 0. The van der Waals surface area contributed by atoms with Crippen LogP contribution in [0.4, 0.5) is 0 Å². The van der Waals surface area contributed by atoms with Crippen LogP contribution in [0, 0.1) is 11.3 Å². The summed E-state index contributed by atoms with van der Waals surface area (Å²) in [5, 5.41) is 8.86. The van der Waals surface area contributed by atoms with E-state index in [2.05, 4.69) is 26.8 Å². The zero-order chi connectivity index (χ0) is 12.2. The van der Waals surface area contributed by atoms with Crippen LogP contribution in [0.3, 0.4) is 0 Å². The predicted octanol–water partition coefficient (Wildman–Crippen LogP) is 3.60. The van der Waals surface area contributed by atoms with Crippen LogP contribution in [-0.4, -0.2) is 11.9 Å². The van der Waals surface area contributed by atoms with E-state index >= 15 is 0 Å². The molecule has 0 fully saturated rings. The van der Waals surface area contributed by atoms with Crippen molar-refractivity contribution in [3.63, 3.8) is 0 Å². The van der Waals surface area contributed by atoms with Gasteiger partial charge in [-0.25, -0.2) is 0 Å². The maximum atomic E-state index is 8.86. The summed E-state index contributed by atoms with van der Waals surface area (Å²) in [4.78, 5) is 0. The molecule has 0 amide bonds. The molecule has 0 N–H and O–H groups in total. The number of rotatable bonds is 3. The molecule has 3 heteroatoms. The minimum Gasteiger partial charge on any atom is -0.495 e. The Morgan fingerprint density at radius 1 is 1.38 bits per heavy atom. The van der Waals surface area contributed by atoms with Gasteiger partial charge in [-0.2, -0.15) is 17.0 Å². The molecule has 0 aromatic heterocycles. The Balaban J connectivity index is 2.80. The van der Waals surface area contributed by atoms with Crippen molar-refractivity contribution in [2.24, 2.45) is 0 Å². The highest BCUT2D eigenvalue weighted by Crippen LogP contribution is 2.29. The van der Waals surface area contributed by atoms with Crippen molar-refractivity contribution in [3.8, 4) is 11.8 Å². The first-order valence-electron chi connectivity index (χ1n) is 5.17. The van der Waals surface area contributed by atoms with Gasteiger partial charge in [0.15, 0.2) is 0 Å². The Morgan fingerprint density at radius 2 is 2.06 bits per heavy atom. The van der Waals surface area contributed by atoms with Gasteiger partial charge in [0, 0.05) is 10.5 Å². The van der Waals surface area contributed by atoms with Crippen molar-refractivity contribution in [2.75, 3.05) is 7.11 Å². The SMILES string of the molecule is COc1cc(CSC(C)(C)C)ccc1C#N. The maximum absolute atomic E-state index is 8.86. The molecule has 1 aromatic carbocycles. The van der Waals surface area contributed by atoms with Crippen molar-refractivity contribution in [1.82, 2.24) is 0 Å². The highest BCUT2D eigenvalue weighted by molar-refractivity contribution is 7.99. The summed E-state index contributed by atoms with van der Waals surface area (Å²) in [7, 11) is 1.59. The van der Waals surface area contributed by atoms with E-state index < -0.39 is 0 Å². The average Bonchev–Trinajstić information content (AvgIpc) is 2.25. The Hall–Kier alpha value is -1.14. The van der Waals surface area contributed by atoms with Gasteiger partial charge in [0.05, 0.1) is 12.7 Å². The van der Waals surface area contributed by atoms with Gasteiger partial charge in [-0.05, 0) is 17.7 Å². The second-order valence-electron chi connectivity index (χ2n) is 4.55. The predicted molar refractivity (Wildman–Crippen MR) is 68.8 cm³/mol. The van der Waals surface area contributed by atoms with E-state index in [1.54, 1.807) is 7.11 Å². The molecular weight excluding hydrogens is 218 g/mol. The molecule has 0 spiro atoms. The molecule has 0 atom stereocenters. The number of nitrogens with zero attached hydrogens (tertiary/aromatic N) is 1. The first-order valence-corrected chi connectivity index (χ1v) is 6.16. The molecule has 0 saturated heterocycles. The summed E-state index contributed by atoms with van der Waals surface area (Å²) in [5.41, 5.74) is 1.78. The molecule has 86 valence electrons. The van der Waals surface area contributed by atoms with Crippen LogP contribution in [0.2, 0.25) is 0 Å². The van der Waals surface area contributed by atoms with Gasteiger partial charge in [0.1, 0.15) is 11.8 Å². The van der Waals surface area contributed by atoms with Gasteiger partial charge >= 0.3 is 0 Å². The van der Waals surface area contributed by atoms with Crippen LogP contribution in [0.1, 0.15) is 31.9 Å². The molecule has 16 heavy (non-hydrogen) atoms. The summed E-state index contributed by atoms with van der Waals surface area (Å²) in [6.07, 6.45) is 0. The number of nitriles is 1. The van der Waals surface area contributed by atoms with Crippen LogP contribution >= 0.6 is 11.8 Å². The molecule has 0 bridgehead atoms. The van der Waals surface area contributed by atoms with Gasteiger partial charge in [-0.15, -0.1) is 0 Å². The minimum atomic E-state index is 0.251. The van der Waals surface area contributed by atoms with Crippen LogP contribution in [0.15, 0.2) is 18.2 Å². The van der Waals surface area contributed by atoms with Gasteiger partial charge in [0.25, 0.3) is 0 Å². The number of benzene rings is 1. The maximum Gasteiger partial charge on any atom is 0.136 e. The van der Waals surface area contributed by atoms with E-state index in [1.807, 2.05) is 30.0 Å². The van der Waals surface area contributed by atoms with Gasteiger partial charge in [0.2, 0.25) is 0 Å². The molecule has 2 nitrogen and oxygen atoms in total. The standard InChI is InChI=1S/C13H17NOS/c1-13(2,3)16-9-10-5-6-11(8-14)12(7-10)15-4/h5-7H,9H2,1-4H3. The molecule has 0 aliphatic rings. The largest absolute Gasteiger partial charge is 0.495 e. The fourth-order valence-electron chi connectivity index (χ4n) is 1.22. The topological polar surface area (TPSA) is 33.0 Å². The molecule has 0 heterocycles. The van der Waals surface area contributed by atoms with E-state index in [0.29, 0.717) is 11.3 Å². The summed E-state index contributed by atoms with van der Waals surface area (Å²) in [6, 6.07) is 7.86. The molecule has 0 aliphatic heterocycles. The molecule has 0 unspecified atom stereocenters. The van der Waals surface area contributed by atoms with Gasteiger partial charge < -0.3 is 4.74 Å². The van der Waals surface area contributed by atoms with Crippen molar-refractivity contribution in [1.29, 1.82) is 5.26 Å². The van der Waals surface area contributed by atoms with E-state index in [1.165, 1.54) is 5.56 Å². The lowest BCUT2D eigenvalue weighted by atomic mass is 10.1. The molecule has 1 aromatic rings. The number of ether oxygens (including phenoxy) is 1. The average molecular weight is 235 g/mol. The highest BCUT2D eigenvalue weighted by atomic mass is 32.2. The number of hydrogen-bond acceptors (Lipinski definition) is 3. The van der Waals surface area contributed by atoms with Crippen molar-refractivity contribution >= 4 is 11.8 Å². The normalized spacial score (nSPS) is 10.9. The third-order valence-electron chi connectivity index (χ3n) is 2.06. The molecule has 0 saturated carbocycles. The van der Waals surface area contributed by atoms with Crippen LogP contribution < -0.4 is 4.74 Å². The first-order chi connectivity index (χ1) is 7.46. The number of thioether (sulfide) groups is 1. The zero-order valence-electron chi connectivity index (χ0n) is 10.2. The quantitative estimate of drug-likeness (QED) is 0.802. The Bertz CT molecular complexity index is 401. The third-order valence-corrected chi connectivity index (χ3v) is 3.40. The van der Waals surface area contributed by atoms with E-state index in [-0.39, 0.29) is 4.75 Å². The third kappa shape index (κ3) is 3.79. The summed E-state index contributed by atoms with van der Waals surface area (Å²) >= 11 is 1.88. The van der Waals surface area contributed by atoms with Gasteiger partial charge in [-0.3, -0.25) is 0 Å². The smallest absolute Gasteiger partial charge is 0.136 e. The van der Waals surface area contributed by atoms with Crippen LogP contribution in [0.5, 0.6) is 5.75 Å². The van der Waals surface area contributed by atoms with Crippen LogP contribution in [0.25, 0.3) is 0 Å². The van der Waals surface area contributed by atoms with E-state index in [0.717, 1.165) is 5.75 Å². The second-order valence-corrected chi connectivity index (χ2v) is 6.35. The lowest BCUT2D eigenvalue weighted by Gasteiger charge is -2.17. The van der Waals surface area contributed by atoms with Gasteiger partial charge in [-0.1, -0.05) is 26.8 Å². The fourth-order valence-corrected chi connectivity index (χ4v) is 2.00. The van der Waals surface area contributed by atoms with Crippen LogP contribution in [-0.2, 0) is 5.75 Å². The monoisotopic (exact) mass is 235 g/mol. The summed E-state index contributed by atoms with van der Waals surface area (Å²) < 4.78 is 5.43. The highest BCUT2D eigenvalue weighted by Gasteiger charge is 2.11. The van der Waals surface area contributed by atoms with E-state index in [4.69, 9.17) is 10.00 Å². The molecular formula is C13H17NOS. The summed E-state index contributed by atoms with van der Waals surface area (Å²) in [5.74, 6) is 1.60. The molecule has 0 radical (unpaired) electrons. The Labute approximate surface area is 102 Å². The first kappa shape index (κ1) is 12.9. The Kier molecular flexibility index (Phi) is 4.26. The van der Waals surface area contributed by atoms with E-state index in [9.17, 15) is 0 Å². The number of methoxy groups -OCH3 is 1. The zero-order valence-corrected chi connectivity index (χ0v) is 11.0. The molecule has 0 aliphatic carbocycles. The fraction of sp³-hybridized carbons (Fsp3) is 0.462.